The summed E-state index contributed by atoms with van der Waals surface area (Å²) in [6.45, 7) is 0. The Morgan fingerprint density at radius 1 is 0.895 bits per heavy atom. The van der Waals surface area contributed by atoms with Crippen molar-refractivity contribution in [2.75, 3.05) is 5.32 Å². The van der Waals surface area contributed by atoms with Crippen LogP contribution in [0.4, 0.5) is 10.5 Å². The maximum atomic E-state index is 12.0. The molecule has 0 aliphatic heterocycles. The lowest BCUT2D eigenvalue weighted by atomic mass is 10.2. The van der Waals surface area contributed by atoms with Gasteiger partial charge in [0.25, 0.3) is 5.91 Å². The second-order valence-corrected chi connectivity index (χ2v) is 4.18. The number of imide groups is 1. The Bertz CT molecular complexity index is 573. The molecule has 96 valence electrons. The fraction of sp³-hybridized carbons (Fsp3) is 0. The molecule has 5 heteroatoms. The number of thiol groups is 1. The largest absolute Gasteiger partial charge is 0.338 e. The topological polar surface area (TPSA) is 49.4 Å². The van der Waals surface area contributed by atoms with Crippen LogP contribution in [0.3, 0.4) is 0 Å². The van der Waals surface area contributed by atoms with Crippen molar-refractivity contribution < 1.29 is 9.59 Å². The van der Waals surface area contributed by atoms with Gasteiger partial charge in [0.05, 0.1) is 0 Å². The van der Waals surface area contributed by atoms with Gasteiger partial charge in [0.15, 0.2) is 0 Å². The van der Waals surface area contributed by atoms with Gasteiger partial charge in [-0.1, -0.05) is 49.2 Å². The molecule has 1 N–H and O–H groups in total. The van der Waals surface area contributed by atoms with E-state index in [2.05, 4.69) is 18.1 Å². The van der Waals surface area contributed by atoms with Crippen molar-refractivity contribution >= 4 is 30.4 Å². The van der Waals surface area contributed by atoms with Gasteiger partial charge in [-0.05, 0) is 24.3 Å². The maximum Gasteiger partial charge on any atom is 0.338 e. The molecule has 19 heavy (non-hydrogen) atoms. The molecule has 0 aliphatic rings. The Morgan fingerprint density at radius 2 is 1.42 bits per heavy atom. The Kier molecular flexibility index (Phi) is 4.20. The zero-order valence-corrected chi connectivity index (χ0v) is 10.9. The van der Waals surface area contributed by atoms with Crippen molar-refractivity contribution in [1.82, 2.24) is 4.31 Å². The van der Waals surface area contributed by atoms with E-state index in [9.17, 15) is 9.59 Å². The Hall–Kier alpha value is -2.27. The van der Waals surface area contributed by atoms with Crippen LogP contribution in [-0.2, 0) is 0 Å². The molecule has 2 aromatic carbocycles. The smallest absolute Gasteiger partial charge is 0.307 e. The molecule has 0 bridgehead atoms. The first-order valence-electron chi connectivity index (χ1n) is 5.63. The van der Waals surface area contributed by atoms with E-state index in [0.29, 0.717) is 11.3 Å². The zero-order valence-electron chi connectivity index (χ0n) is 9.98. The minimum Gasteiger partial charge on any atom is -0.307 e. The molecular formula is C14H12N2O2S. The van der Waals surface area contributed by atoms with Crippen molar-refractivity contribution in [2.24, 2.45) is 0 Å². The van der Waals surface area contributed by atoms with Crippen LogP contribution in [-0.4, -0.2) is 16.2 Å². The van der Waals surface area contributed by atoms with Gasteiger partial charge >= 0.3 is 6.03 Å². The highest BCUT2D eigenvalue weighted by molar-refractivity contribution is 7.79. The first-order valence-corrected chi connectivity index (χ1v) is 6.03. The van der Waals surface area contributed by atoms with Crippen molar-refractivity contribution in [3.8, 4) is 0 Å². The van der Waals surface area contributed by atoms with Crippen LogP contribution < -0.4 is 5.32 Å². The summed E-state index contributed by atoms with van der Waals surface area (Å²) in [7, 11) is 0. The predicted molar refractivity (Wildman–Crippen MR) is 77.1 cm³/mol. The van der Waals surface area contributed by atoms with Crippen LogP contribution >= 0.6 is 12.8 Å². The first-order chi connectivity index (χ1) is 9.18. The summed E-state index contributed by atoms with van der Waals surface area (Å²) in [4.78, 5) is 23.8. The molecule has 3 amide bonds. The monoisotopic (exact) mass is 272 g/mol. The summed E-state index contributed by atoms with van der Waals surface area (Å²) in [5.41, 5.74) is 1.01. The molecular weight excluding hydrogens is 260 g/mol. The van der Waals surface area contributed by atoms with Crippen LogP contribution in [0.2, 0.25) is 0 Å². The molecule has 0 spiro atoms. The second kappa shape index (κ2) is 6.06. The molecule has 0 radical (unpaired) electrons. The summed E-state index contributed by atoms with van der Waals surface area (Å²) in [6.07, 6.45) is 0. The summed E-state index contributed by atoms with van der Waals surface area (Å²) in [6, 6.07) is 16.8. The molecule has 0 saturated carbocycles. The van der Waals surface area contributed by atoms with E-state index in [-0.39, 0.29) is 0 Å². The van der Waals surface area contributed by atoms with E-state index in [1.165, 1.54) is 0 Å². The number of amides is 3. The highest BCUT2D eigenvalue weighted by Gasteiger charge is 2.19. The quantitative estimate of drug-likeness (QED) is 0.825. The third-order valence-corrected chi connectivity index (χ3v) is 2.79. The van der Waals surface area contributed by atoms with Crippen LogP contribution in [0.5, 0.6) is 0 Å². The molecule has 0 aromatic heterocycles. The normalized spacial score (nSPS) is 9.74. The van der Waals surface area contributed by atoms with E-state index in [1.54, 1.807) is 54.6 Å². The number of rotatable bonds is 2. The van der Waals surface area contributed by atoms with Crippen LogP contribution in [0.1, 0.15) is 10.4 Å². The van der Waals surface area contributed by atoms with Crippen molar-refractivity contribution in [1.29, 1.82) is 0 Å². The van der Waals surface area contributed by atoms with Gasteiger partial charge in [0.2, 0.25) is 0 Å². The van der Waals surface area contributed by atoms with Gasteiger partial charge < -0.3 is 5.32 Å². The molecule has 0 saturated heterocycles. The van der Waals surface area contributed by atoms with Crippen molar-refractivity contribution in [2.45, 2.75) is 0 Å². The van der Waals surface area contributed by atoms with E-state index in [4.69, 9.17) is 0 Å². The Balaban J connectivity index is 2.06. The minimum absolute atomic E-state index is 0.403. The lowest BCUT2D eigenvalue weighted by Crippen LogP contribution is -2.32. The number of benzene rings is 2. The molecule has 0 atom stereocenters. The van der Waals surface area contributed by atoms with Gasteiger partial charge in [-0.3, -0.25) is 4.79 Å². The van der Waals surface area contributed by atoms with Crippen LogP contribution in [0.15, 0.2) is 60.7 Å². The third kappa shape index (κ3) is 3.35. The molecule has 0 aliphatic carbocycles. The minimum atomic E-state index is -0.594. The first kappa shape index (κ1) is 13.2. The number of para-hydroxylation sites is 1. The average molecular weight is 272 g/mol. The number of anilines is 1. The number of urea groups is 1. The zero-order chi connectivity index (χ0) is 13.7. The van der Waals surface area contributed by atoms with Crippen LogP contribution in [0.25, 0.3) is 0 Å². The molecule has 0 heterocycles. The van der Waals surface area contributed by atoms with E-state index < -0.39 is 11.9 Å². The predicted octanol–water partition coefficient (Wildman–Crippen LogP) is 3.21. The fourth-order valence-corrected chi connectivity index (χ4v) is 1.66. The molecule has 2 rings (SSSR count). The molecule has 0 fully saturated rings. The molecule has 2 aromatic rings. The van der Waals surface area contributed by atoms with Gasteiger partial charge in [0.1, 0.15) is 0 Å². The van der Waals surface area contributed by atoms with Gasteiger partial charge in [-0.15, -0.1) is 0 Å². The van der Waals surface area contributed by atoms with Crippen LogP contribution in [0, 0.1) is 0 Å². The number of nitrogens with one attached hydrogen (secondary N) is 1. The maximum absolute atomic E-state index is 12.0. The summed E-state index contributed by atoms with van der Waals surface area (Å²) < 4.78 is 0.752. The molecule has 4 nitrogen and oxygen atoms in total. The Labute approximate surface area is 116 Å². The van der Waals surface area contributed by atoms with Gasteiger partial charge in [-0.25, -0.2) is 9.10 Å². The molecule has 0 unspecified atom stereocenters. The van der Waals surface area contributed by atoms with E-state index in [0.717, 1.165) is 4.31 Å². The van der Waals surface area contributed by atoms with Crippen molar-refractivity contribution in [3.63, 3.8) is 0 Å². The number of nitrogens with zero attached hydrogens (tertiary/aromatic N) is 1. The average Bonchev–Trinajstić information content (AvgIpc) is 2.47. The second-order valence-electron chi connectivity index (χ2n) is 3.78. The summed E-state index contributed by atoms with van der Waals surface area (Å²) >= 11 is 3.93. The van der Waals surface area contributed by atoms with Crippen molar-refractivity contribution in [3.05, 3.63) is 66.2 Å². The standard InChI is InChI=1S/C14H12N2O2S/c17-13(11-7-3-1-4-8-11)16(19)14(18)15-12-9-5-2-6-10-12/h1-10,19H,(H,15,18). The number of hydrogen-bond donors (Lipinski definition) is 2. The SMILES string of the molecule is O=C(Nc1ccccc1)N(S)C(=O)c1ccccc1. The lowest BCUT2D eigenvalue weighted by Gasteiger charge is -2.14. The van der Waals surface area contributed by atoms with E-state index in [1.807, 2.05) is 6.07 Å². The Morgan fingerprint density at radius 3 is 2.00 bits per heavy atom. The third-order valence-electron chi connectivity index (χ3n) is 2.43. The number of hydrogen-bond acceptors (Lipinski definition) is 3. The number of carbonyl (C=O) groups excluding carboxylic acids is 2. The highest BCUT2D eigenvalue weighted by atomic mass is 32.1. The number of carbonyl (C=O) groups is 2. The lowest BCUT2D eigenvalue weighted by molar-refractivity contribution is 0.0902. The van der Waals surface area contributed by atoms with Gasteiger partial charge in [0, 0.05) is 11.3 Å². The highest BCUT2D eigenvalue weighted by Crippen LogP contribution is 2.11. The summed E-state index contributed by atoms with van der Waals surface area (Å²) in [5.74, 6) is -0.475. The summed E-state index contributed by atoms with van der Waals surface area (Å²) in [5, 5.41) is 2.58. The van der Waals surface area contributed by atoms with Gasteiger partial charge in [-0.2, -0.15) is 0 Å². The van der Waals surface area contributed by atoms with E-state index >= 15 is 0 Å². The fourth-order valence-electron chi connectivity index (χ4n) is 1.49.